The molecular weight excluding hydrogens is 322 g/mol. The van der Waals surface area contributed by atoms with Gasteiger partial charge in [-0.2, -0.15) is 0 Å². The zero-order valence-corrected chi connectivity index (χ0v) is 15.2. The number of hydrogen-bond donors (Lipinski definition) is 1. The SMILES string of the molecule is Cc1ccc(CCC(=O)NCc2ccc(-c3cccnc3)nc2)cc1C. The molecule has 0 spiro atoms. The van der Waals surface area contributed by atoms with Gasteiger partial charge in [-0.15, -0.1) is 0 Å². The van der Waals surface area contributed by atoms with Gasteiger partial charge in [0.25, 0.3) is 0 Å². The molecule has 132 valence electrons. The summed E-state index contributed by atoms with van der Waals surface area (Å²) in [7, 11) is 0. The number of hydrogen-bond acceptors (Lipinski definition) is 3. The number of nitrogens with one attached hydrogen (secondary N) is 1. The van der Waals surface area contributed by atoms with Crippen molar-refractivity contribution in [3.8, 4) is 11.3 Å². The first-order valence-electron chi connectivity index (χ1n) is 8.80. The van der Waals surface area contributed by atoms with E-state index in [-0.39, 0.29) is 5.91 Å². The van der Waals surface area contributed by atoms with Crippen molar-refractivity contribution in [2.45, 2.75) is 33.2 Å². The lowest BCUT2D eigenvalue weighted by atomic mass is 10.0. The number of benzene rings is 1. The number of pyridine rings is 2. The molecule has 0 aliphatic carbocycles. The van der Waals surface area contributed by atoms with Gasteiger partial charge in [-0.3, -0.25) is 14.8 Å². The van der Waals surface area contributed by atoms with E-state index in [4.69, 9.17) is 0 Å². The molecule has 0 bridgehead atoms. The Balaban J connectivity index is 1.49. The van der Waals surface area contributed by atoms with Crippen LogP contribution in [0.5, 0.6) is 0 Å². The summed E-state index contributed by atoms with van der Waals surface area (Å²) >= 11 is 0. The molecule has 4 nitrogen and oxygen atoms in total. The Morgan fingerprint density at radius 2 is 1.85 bits per heavy atom. The molecule has 4 heteroatoms. The Labute approximate surface area is 154 Å². The maximum atomic E-state index is 12.1. The summed E-state index contributed by atoms with van der Waals surface area (Å²) in [4.78, 5) is 20.6. The van der Waals surface area contributed by atoms with Gasteiger partial charge in [0.15, 0.2) is 0 Å². The zero-order chi connectivity index (χ0) is 18.4. The molecule has 2 heterocycles. The summed E-state index contributed by atoms with van der Waals surface area (Å²) in [5.74, 6) is 0.0552. The van der Waals surface area contributed by atoms with E-state index in [0.717, 1.165) is 23.2 Å². The van der Waals surface area contributed by atoms with E-state index < -0.39 is 0 Å². The van der Waals surface area contributed by atoms with Crippen molar-refractivity contribution in [3.63, 3.8) is 0 Å². The highest BCUT2D eigenvalue weighted by atomic mass is 16.1. The van der Waals surface area contributed by atoms with E-state index in [1.807, 2.05) is 24.3 Å². The van der Waals surface area contributed by atoms with Crippen LogP contribution in [0.4, 0.5) is 0 Å². The quantitative estimate of drug-likeness (QED) is 0.734. The zero-order valence-electron chi connectivity index (χ0n) is 15.2. The van der Waals surface area contributed by atoms with Crippen molar-refractivity contribution in [1.29, 1.82) is 0 Å². The molecule has 0 aliphatic rings. The Morgan fingerprint density at radius 1 is 1.00 bits per heavy atom. The van der Waals surface area contributed by atoms with Crippen molar-refractivity contribution < 1.29 is 4.79 Å². The lowest BCUT2D eigenvalue weighted by Crippen LogP contribution is -2.23. The smallest absolute Gasteiger partial charge is 0.220 e. The third-order valence-corrected chi connectivity index (χ3v) is 4.48. The first kappa shape index (κ1) is 17.8. The number of carbonyl (C=O) groups is 1. The van der Waals surface area contributed by atoms with Crippen LogP contribution in [-0.4, -0.2) is 15.9 Å². The fraction of sp³-hybridized carbons (Fsp3) is 0.227. The molecule has 2 aromatic heterocycles. The highest BCUT2D eigenvalue weighted by molar-refractivity contribution is 5.76. The van der Waals surface area contributed by atoms with Gasteiger partial charge in [0.1, 0.15) is 0 Å². The van der Waals surface area contributed by atoms with Gasteiger partial charge in [0, 0.05) is 37.1 Å². The number of carbonyl (C=O) groups excluding carboxylic acids is 1. The maximum Gasteiger partial charge on any atom is 0.220 e. The van der Waals surface area contributed by atoms with Crippen molar-refractivity contribution in [2.75, 3.05) is 0 Å². The largest absolute Gasteiger partial charge is 0.352 e. The fourth-order valence-electron chi connectivity index (χ4n) is 2.72. The number of aromatic nitrogens is 2. The Bertz CT molecular complexity index is 874. The Hall–Kier alpha value is -3.01. The third kappa shape index (κ3) is 4.76. The van der Waals surface area contributed by atoms with E-state index in [1.54, 1.807) is 18.6 Å². The molecule has 0 saturated heterocycles. The molecule has 0 unspecified atom stereocenters. The number of amides is 1. The molecule has 1 N–H and O–H groups in total. The first-order valence-corrected chi connectivity index (χ1v) is 8.80. The molecule has 0 fully saturated rings. The van der Waals surface area contributed by atoms with Crippen LogP contribution in [0.3, 0.4) is 0 Å². The van der Waals surface area contributed by atoms with E-state index in [0.29, 0.717) is 13.0 Å². The van der Waals surface area contributed by atoms with Gasteiger partial charge in [0.2, 0.25) is 5.91 Å². The minimum absolute atomic E-state index is 0.0552. The minimum atomic E-state index is 0.0552. The average Bonchev–Trinajstić information content (AvgIpc) is 2.68. The van der Waals surface area contributed by atoms with Gasteiger partial charge in [-0.25, -0.2) is 0 Å². The Kier molecular flexibility index (Phi) is 5.74. The van der Waals surface area contributed by atoms with Gasteiger partial charge in [0.05, 0.1) is 5.69 Å². The van der Waals surface area contributed by atoms with Crippen LogP contribution in [0.1, 0.15) is 28.7 Å². The van der Waals surface area contributed by atoms with Crippen LogP contribution in [0.25, 0.3) is 11.3 Å². The van der Waals surface area contributed by atoms with Crippen LogP contribution in [0.2, 0.25) is 0 Å². The molecule has 0 radical (unpaired) electrons. The second-order valence-corrected chi connectivity index (χ2v) is 6.49. The molecule has 3 rings (SSSR count). The van der Waals surface area contributed by atoms with E-state index in [9.17, 15) is 4.79 Å². The third-order valence-electron chi connectivity index (χ3n) is 4.48. The molecule has 26 heavy (non-hydrogen) atoms. The second-order valence-electron chi connectivity index (χ2n) is 6.49. The summed E-state index contributed by atoms with van der Waals surface area (Å²) in [6.45, 7) is 4.69. The standard InChI is InChI=1S/C22H23N3O/c1-16-5-6-18(12-17(16)2)8-10-22(26)25-14-19-7-9-21(24-13-19)20-4-3-11-23-15-20/h3-7,9,11-13,15H,8,10,14H2,1-2H3,(H,25,26). The molecule has 0 aliphatic heterocycles. The highest BCUT2D eigenvalue weighted by Gasteiger charge is 2.05. The van der Waals surface area contributed by atoms with Crippen molar-refractivity contribution in [2.24, 2.45) is 0 Å². The molecular formula is C22H23N3O. The van der Waals surface area contributed by atoms with Gasteiger partial charge < -0.3 is 5.32 Å². The molecule has 0 saturated carbocycles. The van der Waals surface area contributed by atoms with E-state index in [1.165, 1.54) is 16.7 Å². The summed E-state index contributed by atoms with van der Waals surface area (Å²) < 4.78 is 0. The van der Waals surface area contributed by atoms with Gasteiger partial charge >= 0.3 is 0 Å². The predicted octanol–water partition coefficient (Wildman–Crippen LogP) is 4.01. The highest BCUT2D eigenvalue weighted by Crippen LogP contribution is 2.15. The molecule has 0 atom stereocenters. The van der Waals surface area contributed by atoms with Crippen molar-refractivity contribution in [1.82, 2.24) is 15.3 Å². The predicted molar refractivity (Wildman–Crippen MR) is 104 cm³/mol. The molecule has 1 aromatic carbocycles. The number of rotatable bonds is 6. The maximum absolute atomic E-state index is 12.1. The van der Waals surface area contributed by atoms with Crippen molar-refractivity contribution >= 4 is 5.91 Å². The van der Waals surface area contributed by atoms with Crippen LogP contribution in [0, 0.1) is 13.8 Å². The summed E-state index contributed by atoms with van der Waals surface area (Å²) in [5, 5.41) is 2.96. The summed E-state index contributed by atoms with van der Waals surface area (Å²) in [6, 6.07) is 14.2. The van der Waals surface area contributed by atoms with E-state index >= 15 is 0 Å². The summed E-state index contributed by atoms with van der Waals surface area (Å²) in [6.07, 6.45) is 6.57. The van der Waals surface area contributed by atoms with Crippen LogP contribution in [0.15, 0.2) is 61.1 Å². The molecule has 1 amide bonds. The lowest BCUT2D eigenvalue weighted by Gasteiger charge is -2.07. The normalized spacial score (nSPS) is 10.5. The minimum Gasteiger partial charge on any atom is -0.352 e. The van der Waals surface area contributed by atoms with Gasteiger partial charge in [-0.1, -0.05) is 24.3 Å². The topological polar surface area (TPSA) is 54.9 Å². The summed E-state index contributed by atoms with van der Waals surface area (Å²) in [5.41, 5.74) is 6.59. The van der Waals surface area contributed by atoms with Crippen molar-refractivity contribution in [3.05, 3.63) is 83.3 Å². The number of aryl methyl sites for hydroxylation is 3. The monoisotopic (exact) mass is 345 g/mol. The van der Waals surface area contributed by atoms with Crippen LogP contribution < -0.4 is 5.32 Å². The van der Waals surface area contributed by atoms with Crippen LogP contribution in [-0.2, 0) is 17.8 Å². The first-order chi connectivity index (χ1) is 12.6. The van der Waals surface area contributed by atoms with Gasteiger partial charge in [-0.05, 0) is 60.7 Å². The van der Waals surface area contributed by atoms with Crippen LogP contribution >= 0.6 is 0 Å². The fourth-order valence-corrected chi connectivity index (χ4v) is 2.72. The Morgan fingerprint density at radius 3 is 2.54 bits per heavy atom. The average molecular weight is 345 g/mol. The number of nitrogens with zero attached hydrogens (tertiary/aromatic N) is 2. The molecule has 3 aromatic rings. The second kappa shape index (κ2) is 8.39. The lowest BCUT2D eigenvalue weighted by molar-refractivity contribution is -0.121. The van der Waals surface area contributed by atoms with E-state index in [2.05, 4.69) is 47.3 Å².